The summed E-state index contributed by atoms with van der Waals surface area (Å²) in [4.78, 5) is 26.5. The number of anilines is 1. The van der Waals surface area contributed by atoms with Crippen LogP contribution < -0.4 is 10.5 Å². The lowest BCUT2D eigenvalue weighted by Crippen LogP contribution is -2.28. The van der Waals surface area contributed by atoms with E-state index in [0.29, 0.717) is 29.7 Å². The molecule has 1 heterocycles. The minimum absolute atomic E-state index is 0.351. The number of rotatable bonds is 6. The summed E-state index contributed by atoms with van der Waals surface area (Å²) in [6.07, 6.45) is 0. The first kappa shape index (κ1) is 18.5. The van der Waals surface area contributed by atoms with Crippen LogP contribution >= 0.6 is 0 Å². The molecule has 0 aliphatic rings. The molecule has 0 saturated carbocycles. The Morgan fingerprint density at radius 1 is 0.793 bits per heavy atom. The van der Waals surface area contributed by atoms with E-state index in [1.54, 1.807) is 24.3 Å². The van der Waals surface area contributed by atoms with E-state index < -0.39 is 11.6 Å². The topological polar surface area (TPSA) is 70.8 Å². The molecule has 0 aliphatic carbocycles. The Bertz CT molecular complexity index is 1160. The van der Waals surface area contributed by atoms with E-state index in [0.717, 1.165) is 11.1 Å². The van der Waals surface area contributed by atoms with Gasteiger partial charge in [0.1, 0.15) is 5.58 Å². The van der Waals surface area contributed by atoms with Gasteiger partial charge in [0.05, 0.1) is 5.69 Å². The van der Waals surface area contributed by atoms with Crippen molar-refractivity contribution < 1.29 is 14.3 Å². The lowest BCUT2D eigenvalue weighted by Gasteiger charge is -2.27. The zero-order chi connectivity index (χ0) is 20.2. The van der Waals surface area contributed by atoms with Gasteiger partial charge in [-0.15, -0.1) is 0 Å². The molecule has 0 saturated heterocycles. The number of fused-ring (bicyclic) bond motifs is 1. The minimum atomic E-state index is -1.30. The third kappa shape index (κ3) is 3.89. The van der Waals surface area contributed by atoms with Gasteiger partial charge in [-0.2, -0.15) is 0 Å². The summed E-state index contributed by atoms with van der Waals surface area (Å²) in [7, 11) is 0. The number of hydrogen-bond donors (Lipinski definition) is 1. The van der Waals surface area contributed by atoms with E-state index >= 15 is 0 Å². The molecule has 4 rings (SSSR count). The standard InChI is InChI=1S/C24H19NO4/c26-23(27)21-22(19-13-7-8-14-20(19)29-24(21)28)25(15-17-9-3-1-4-10-17)16-18-11-5-2-6-12-18/h1-14H,15-16H2,(H,26,27). The van der Waals surface area contributed by atoms with Gasteiger partial charge in [0, 0.05) is 18.5 Å². The van der Waals surface area contributed by atoms with Gasteiger partial charge >= 0.3 is 11.6 Å². The molecule has 0 radical (unpaired) electrons. The predicted molar refractivity (Wildman–Crippen MR) is 112 cm³/mol. The smallest absolute Gasteiger partial charge is 0.353 e. The number of carboxylic acid groups (broad SMARTS) is 1. The number of para-hydroxylation sites is 1. The average molecular weight is 385 g/mol. The van der Waals surface area contributed by atoms with Crippen molar-refractivity contribution in [2.45, 2.75) is 13.1 Å². The molecule has 0 atom stereocenters. The summed E-state index contributed by atoms with van der Waals surface area (Å²) < 4.78 is 5.28. The van der Waals surface area contributed by atoms with Crippen LogP contribution in [0.4, 0.5) is 5.69 Å². The van der Waals surface area contributed by atoms with Gasteiger partial charge in [0.15, 0.2) is 5.56 Å². The first-order chi connectivity index (χ1) is 14.1. The van der Waals surface area contributed by atoms with E-state index in [1.807, 2.05) is 65.6 Å². The number of benzene rings is 3. The molecule has 4 aromatic rings. The second-order valence-electron chi connectivity index (χ2n) is 6.74. The normalized spacial score (nSPS) is 10.8. The highest BCUT2D eigenvalue weighted by Crippen LogP contribution is 2.31. The molecule has 0 unspecified atom stereocenters. The van der Waals surface area contributed by atoms with Gasteiger partial charge in [-0.25, -0.2) is 9.59 Å². The van der Waals surface area contributed by atoms with Crippen molar-refractivity contribution >= 4 is 22.6 Å². The Kier molecular flexibility index (Phi) is 5.12. The van der Waals surface area contributed by atoms with Gasteiger partial charge in [0.2, 0.25) is 0 Å². The monoisotopic (exact) mass is 385 g/mol. The molecule has 5 heteroatoms. The summed E-state index contributed by atoms with van der Waals surface area (Å²) in [5, 5.41) is 10.4. The van der Waals surface area contributed by atoms with Gasteiger partial charge in [-0.1, -0.05) is 72.8 Å². The summed E-state index contributed by atoms with van der Waals surface area (Å²) in [6, 6.07) is 26.5. The minimum Gasteiger partial charge on any atom is -0.477 e. The Morgan fingerprint density at radius 3 is 1.86 bits per heavy atom. The first-order valence-corrected chi connectivity index (χ1v) is 9.25. The molecule has 0 aliphatic heterocycles. The van der Waals surface area contributed by atoms with Crippen LogP contribution in [0, 0.1) is 0 Å². The molecule has 5 nitrogen and oxygen atoms in total. The fourth-order valence-corrected chi connectivity index (χ4v) is 3.47. The maximum Gasteiger partial charge on any atom is 0.353 e. The van der Waals surface area contributed by atoms with Crippen molar-refractivity contribution in [2.75, 3.05) is 4.90 Å². The van der Waals surface area contributed by atoms with Crippen molar-refractivity contribution in [3.05, 3.63) is 112 Å². The summed E-state index contributed by atoms with van der Waals surface area (Å²) in [5.74, 6) is -1.30. The average Bonchev–Trinajstić information content (AvgIpc) is 2.73. The molecular weight excluding hydrogens is 366 g/mol. The zero-order valence-corrected chi connectivity index (χ0v) is 15.6. The Labute approximate surface area is 167 Å². The van der Waals surface area contributed by atoms with Crippen LogP contribution in [-0.4, -0.2) is 11.1 Å². The molecule has 0 spiro atoms. The number of carbonyl (C=O) groups is 1. The fourth-order valence-electron chi connectivity index (χ4n) is 3.47. The van der Waals surface area contributed by atoms with E-state index in [9.17, 15) is 14.7 Å². The quantitative estimate of drug-likeness (QED) is 0.487. The molecule has 1 aromatic heterocycles. The summed E-state index contributed by atoms with van der Waals surface area (Å²) in [5.41, 5.74) is 1.56. The van der Waals surface area contributed by atoms with Gasteiger partial charge in [-0.05, 0) is 23.3 Å². The van der Waals surface area contributed by atoms with E-state index in [-0.39, 0.29) is 5.56 Å². The maximum absolute atomic E-state index is 12.5. The van der Waals surface area contributed by atoms with Gasteiger partial charge in [-0.3, -0.25) is 0 Å². The highest BCUT2D eigenvalue weighted by Gasteiger charge is 2.25. The second-order valence-corrected chi connectivity index (χ2v) is 6.74. The van der Waals surface area contributed by atoms with Crippen LogP contribution in [0.15, 0.2) is 94.1 Å². The summed E-state index contributed by atoms with van der Waals surface area (Å²) in [6.45, 7) is 0.896. The predicted octanol–water partition coefficient (Wildman–Crippen LogP) is 4.70. The Hall–Kier alpha value is -3.86. The van der Waals surface area contributed by atoms with Crippen molar-refractivity contribution in [3.8, 4) is 0 Å². The number of nitrogens with zero attached hydrogens (tertiary/aromatic N) is 1. The second kappa shape index (κ2) is 8.02. The molecule has 3 aromatic carbocycles. The fraction of sp³-hybridized carbons (Fsp3) is 0.0833. The number of hydrogen-bond acceptors (Lipinski definition) is 4. The maximum atomic E-state index is 12.5. The number of aromatic carboxylic acids is 1. The third-order valence-electron chi connectivity index (χ3n) is 4.75. The van der Waals surface area contributed by atoms with Crippen LogP contribution in [0.3, 0.4) is 0 Å². The van der Waals surface area contributed by atoms with Crippen LogP contribution in [0.1, 0.15) is 21.5 Å². The third-order valence-corrected chi connectivity index (χ3v) is 4.75. The Morgan fingerprint density at radius 2 is 1.31 bits per heavy atom. The summed E-state index contributed by atoms with van der Waals surface area (Å²) >= 11 is 0. The van der Waals surface area contributed by atoms with Crippen LogP contribution in [0.2, 0.25) is 0 Å². The Balaban J connectivity index is 1.93. The van der Waals surface area contributed by atoms with E-state index in [2.05, 4.69) is 0 Å². The molecule has 0 amide bonds. The molecule has 0 bridgehead atoms. The highest BCUT2D eigenvalue weighted by atomic mass is 16.4. The van der Waals surface area contributed by atoms with E-state index in [4.69, 9.17) is 4.42 Å². The molecule has 29 heavy (non-hydrogen) atoms. The van der Waals surface area contributed by atoms with Crippen molar-refractivity contribution in [3.63, 3.8) is 0 Å². The largest absolute Gasteiger partial charge is 0.477 e. The van der Waals surface area contributed by atoms with Gasteiger partial charge in [0.25, 0.3) is 0 Å². The molecule has 144 valence electrons. The molecular formula is C24H19NO4. The highest BCUT2D eigenvalue weighted by molar-refractivity contribution is 6.03. The SMILES string of the molecule is O=C(O)c1c(N(Cc2ccccc2)Cc2ccccc2)c2ccccc2oc1=O. The number of carboxylic acids is 1. The molecule has 1 N–H and O–H groups in total. The van der Waals surface area contributed by atoms with Crippen LogP contribution in [-0.2, 0) is 13.1 Å². The van der Waals surface area contributed by atoms with Crippen LogP contribution in [0.5, 0.6) is 0 Å². The molecule has 0 fully saturated rings. The lowest BCUT2D eigenvalue weighted by atomic mass is 10.1. The van der Waals surface area contributed by atoms with Crippen LogP contribution in [0.25, 0.3) is 11.0 Å². The van der Waals surface area contributed by atoms with Crippen molar-refractivity contribution in [2.24, 2.45) is 0 Å². The first-order valence-electron chi connectivity index (χ1n) is 9.25. The zero-order valence-electron chi connectivity index (χ0n) is 15.6. The van der Waals surface area contributed by atoms with Gasteiger partial charge < -0.3 is 14.4 Å². The lowest BCUT2D eigenvalue weighted by molar-refractivity contribution is 0.0693. The van der Waals surface area contributed by atoms with Crippen molar-refractivity contribution in [1.82, 2.24) is 0 Å². The van der Waals surface area contributed by atoms with Crippen molar-refractivity contribution in [1.29, 1.82) is 0 Å². The van der Waals surface area contributed by atoms with E-state index in [1.165, 1.54) is 0 Å².